The molecule has 0 aromatic heterocycles. The van der Waals surface area contributed by atoms with E-state index in [0.29, 0.717) is 5.56 Å². The van der Waals surface area contributed by atoms with Gasteiger partial charge in [0.05, 0.1) is 0 Å². The van der Waals surface area contributed by atoms with Crippen LogP contribution in [-0.2, 0) is 19.5 Å². The number of carbonyl (C=O) groups excluding carboxylic acids is 2. The fourth-order valence-corrected chi connectivity index (χ4v) is 1.74. The highest BCUT2D eigenvalue weighted by atomic mass is 16.4. The molecule has 0 fully saturated rings. The van der Waals surface area contributed by atoms with Crippen molar-refractivity contribution in [3.8, 4) is 0 Å². The summed E-state index contributed by atoms with van der Waals surface area (Å²) in [5.74, 6) is -2.66. The topological polar surface area (TPSA) is 115 Å². The molecule has 1 aromatic carbocycles. The summed E-state index contributed by atoms with van der Waals surface area (Å²) in [6.07, 6.45) is 0.206. The maximum atomic E-state index is 12.2. The number of amides is 2. The number of carboxylic acids is 1. The van der Waals surface area contributed by atoms with Gasteiger partial charge in [0.25, 0.3) is 0 Å². The first-order chi connectivity index (χ1) is 9.99. The smallest absolute Gasteiger partial charge is 0.326 e. The second kappa shape index (κ2) is 8.01. The van der Waals surface area contributed by atoms with Crippen LogP contribution in [0.5, 0.6) is 0 Å². The Morgan fingerprint density at radius 3 is 2.24 bits per heavy atom. The van der Waals surface area contributed by atoms with Gasteiger partial charge in [0, 0.05) is 0 Å². The van der Waals surface area contributed by atoms with Crippen molar-refractivity contribution in [3.63, 3.8) is 0 Å². The predicted molar refractivity (Wildman–Crippen MR) is 72.7 cm³/mol. The number of hydrogen-bond donors (Lipinski definition) is 3. The lowest BCUT2D eigenvalue weighted by Crippen LogP contribution is -2.47. The van der Waals surface area contributed by atoms with E-state index in [-0.39, 0.29) is 6.42 Å². The molecule has 7 heteroatoms. The molecule has 1 aromatic rings. The van der Waals surface area contributed by atoms with E-state index in [0.717, 1.165) is 0 Å². The molecule has 113 valence electrons. The van der Waals surface area contributed by atoms with Crippen LogP contribution in [0.25, 0.3) is 0 Å². The van der Waals surface area contributed by atoms with Gasteiger partial charge in [0.15, 0.2) is 6.61 Å². The summed E-state index contributed by atoms with van der Waals surface area (Å²) < 4.78 is 0. The maximum absolute atomic E-state index is 12.2. The van der Waals surface area contributed by atoms with Crippen molar-refractivity contribution in [2.75, 3.05) is 6.61 Å². The molecule has 0 unspecified atom stereocenters. The molecule has 1 radical (unpaired) electrons. The summed E-state index contributed by atoms with van der Waals surface area (Å²) in [6.45, 7) is 0.611. The standard InChI is InChI=1S/C14H17N2O5/c1-2-10(14(20)21)15-13(19)12(16-11(18)8-17)9-6-4-3-5-7-9/h3-7,10,12H,2,8H2,1H3,(H,15,19)(H,16,18)(H,20,21)/t10-,12+/m0/s1. The third-order valence-corrected chi connectivity index (χ3v) is 2.85. The van der Waals surface area contributed by atoms with Crippen LogP contribution in [0.2, 0.25) is 0 Å². The molecule has 1 rings (SSSR count). The fraction of sp³-hybridized carbons (Fsp3) is 0.357. The van der Waals surface area contributed by atoms with Crippen LogP contribution >= 0.6 is 0 Å². The van der Waals surface area contributed by atoms with Gasteiger partial charge in [0.2, 0.25) is 11.8 Å². The molecule has 0 aliphatic rings. The molecular weight excluding hydrogens is 276 g/mol. The van der Waals surface area contributed by atoms with Gasteiger partial charge in [-0.1, -0.05) is 37.3 Å². The molecule has 0 bridgehead atoms. The third kappa shape index (κ3) is 4.88. The first kappa shape index (κ1) is 16.6. The molecule has 21 heavy (non-hydrogen) atoms. The highest BCUT2D eigenvalue weighted by Gasteiger charge is 2.26. The van der Waals surface area contributed by atoms with Gasteiger partial charge in [-0.25, -0.2) is 9.90 Å². The van der Waals surface area contributed by atoms with Gasteiger partial charge >= 0.3 is 5.97 Å². The van der Waals surface area contributed by atoms with Gasteiger partial charge in [-0.2, -0.15) is 0 Å². The van der Waals surface area contributed by atoms with Crippen molar-refractivity contribution in [1.29, 1.82) is 0 Å². The highest BCUT2D eigenvalue weighted by Crippen LogP contribution is 2.13. The van der Waals surface area contributed by atoms with E-state index in [4.69, 9.17) is 5.11 Å². The number of hydrogen-bond acceptors (Lipinski definition) is 3. The second-order valence-electron chi connectivity index (χ2n) is 4.36. The zero-order valence-corrected chi connectivity index (χ0v) is 11.5. The summed E-state index contributed by atoms with van der Waals surface area (Å²) >= 11 is 0. The van der Waals surface area contributed by atoms with Crippen LogP contribution in [-0.4, -0.2) is 35.5 Å². The number of benzene rings is 1. The van der Waals surface area contributed by atoms with Crippen molar-refractivity contribution >= 4 is 17.8 Å². The van der Waals surface area contributed by atoms with Crippen molar-refractivity contribution in [2.45, 2.75) is 25.4 Å². The van der Waals surface area contributed by atoms with Crippen LogP contribution in [0, 0.1) is 0 Å². The first-order valence-electron chi connectivity index (χ1n) is 6.45. The molecule has 0 saturated carbocycles. The number of carboxylic acid groups (broad SMARTS) is 1. The minimum absolute atomic E-state index is 0.206. The van der Waals surface area contributed by atoms with Crippen molar-refractivity contribution in [1.82, 2.24) is 10.6 Å². The number of carbonyl (C=O) groups is 3. The molecule has 3 N–H and O–H groups in total. The molecular formula is C14H17N2O5. The van der Waals surface area contributed by atoms with E-state index in [2.05, 4.69) is 10.6 Å². The average molecular weight is 293 g/mol. The van der Waals surface area contributed by atoms with Crippen molar-refractivity contribution < 1.29 is 24.6 Å². The van der Waals surface area contributed by atoms with E-state index in [1.54, 1.807) is 37.3 Å². The molecule has 0 aliphatic carbocycles. The monoisotopic (exact) mass is 293 g/mol. The number of aliphatic carboxylic acids is 1. The minimum Gasteiger partial charge on any atom is -0.480 e. The third-order valence-electron chi connectivity index (χ3n) is 2.85. The Hall–Kier alpha value is -2.41. The Labute approximate surface area is 122 Å². The summed E-state index contributed by atoms with van der Waals surface area (Å²) in [4.78, 5) is 34.4. The van der Waals surface area contributed by atoms with Crippen molar-refractivity contribution in [3.05, 3.63) is 35.9 Å². The molecule has 0 spiro atoms. The summed E-state index contributed by atoms with van der Waals surface area (Å²) in [5, 5.41) is 24.2. The van der Waals surface area contributed by atoms with Crippen LogP contribution in [0.3, 0.4) is 0 Å². The van der Waals surface area contributed by atoms with Crippen LogP contribution in [0.4, 0.5) is 0 Å². The predicted octanol–water partition coefficient (Wildman–Crippen LogP) is 0.254. The maximum Gasteiger partial charge on any atom is 0.326 e. The summed E-state index contributed by atoms with van der Waals surface area (Å²) in [7, 11) is 0. The average Bonchev–Trinajstić information content (AvgIpc) is 2.50. The zero-order valence-electron chi connectivity index (χ0n) is 11.5. The van der Waals surface area contributed by atoms with Crippen LogP contribution in [0.1, 0.15) is 24.9 Å². The van der Waals surface area contributed by atoms with E-state index >= 15 is 0 Å². The molecule has 0 aliphatic heterocycles. The molecule has 0 saturated heterocycles. The lowest BCUT2D eigenvalue weighted by atomic mass is 10.1. The zero-order chi connectivity index (χ0) is 15.8. The van der Waals surface area contributed by atoms with Crippen LogP contribution < -0.4 is 10.6 Å². The Bertz CT molecular complexity index is 503. The number of rotatable bonds is 7. The van der Waals surface area contributed by atoms with Gasteiger partial charge in [-0.05, 0) is 12.0 Å². The highest BCUT2D eigenvalue weighted by molar-refractivity contribution is 5.91. The fourth-order valence-electron chi connectivity index (χ4n) is 1.74. The lowest BCUT2D eigenvalue weighted by Gasteiger charge is -2.20. The van der Waals surface area contributed by atoms with Gasteiger partial charge < -0.3 is 15.7 Å². The summed E-state index contributed by atoms with van der Waals surface area (Å²) in [5.41, 5.74) is 0.469. The van der Waals surface area contributed by atoms with Crippen LogP contribution in [0.15, 0.2) is 30.3 Å². The van der Waals surface area contributed by atoms with E-state index < -0.39 is 36.5 Å². The number of nitrogens with one attached hydrogen (secondary N) is 2. The Morgan fingerprint density at radius 2 is 1.76 bits per heavy atom. The molecule has 2 atom stereocenters. The quantitative estimate of drug-likeness (QED) is 0.668. The first-order valence-corrected chi connectivity index (χ1v) is 6.45. The van der Waals surface area contributed by atoms with Crippen molar-refractivity contribution in [2.24, 2.45) is 0 Å². The largest absolute Gasteiger partial charge is 0.480 e. The molecule has 7 nitrogen and oxygen atoms in total. The second-order valence-corrected chi connectivity index (χ2v) is 4.36. The Morgan fingerprint density at radius 1 is 1.14 bits per heavy atom. The Kier molecular flexibility index (Phi) is 6.35. The SMILES string of the molecule is CC[C@H](NC(=O)[C@H](NC(=O)C[O])c1ccccc1)C(=O)O. The molecule has 2 amide bonds. The van der Waals surface area contributed by atoms with E-state index in [1.165, 1.54) is 0 Å². The normalized spacial score (nSPS) is 13.0. The van der Waals surface area contributed by atoms with E-state index in [9.17, 15) is 19.5 Å². The lowest BCUT2D eigenvalue weighted by molar-refractivity contribution is -0.142. The van der Waals surface area contributed by atoms with E-state index in [1.807, 2.05) is 0 Å². The Balaban J connectivity index is 2.93. The molecule has 0 heterocycles. The van der Waals surface area contributed by atoms with Gasteiger partial charge in [-0.15, -0.1) is 0 Å². The van der Waals surface area contributed by atoms with Gasteiger partial charge in [-0.3, -0.25) is 9.59 Å². The summed E-state index contributed by atoms with van der Waals surface area (Å²) in [6, 6.07) is 6.16. The van der Waals surface area contributed by atoms with Gasteiger partial charge in [0.1, 0.15) is 12.1 Å². The minimum atomic E-state index is -1.16.